The lowest BCUT2D eigenvalue weighted by Crippen LogP contribution is -2.26. The molecule has 0 saturated carbocycles. The number of halogens is 1. The molecule has 1 aromatic heterocycles. The largest absolute Gasteiger partial charge is 0.296 e. The van der Waals surface area contributed by atoms with Crippen LogP contribution < -0.4 is 5.56 Å². The summed E-state index contributed by atoms with van der Waals surface area (Å²) in [5.74, 6) is 0.105. The quantitative estimate of drug-likeness (QED) is 0.710. The van der Waals surface area contributed by atoms with Gasteiger partial charge >= 0.3 is 0 Å². The van der Waals surface area contributed by atoms with Crippen LogP contribution in [0.3, 0.4) is 0 Å². The van der Waals surface area contributed by atoms with Gasteiger partial charge in [-0.2, -0.15) is 0 Å². The lowest BCUT2D eigenvalue weighted by atomic mass is 10.1. The average molecular weight is 215 g/mol. The van der Waals surface area contributed by atoms with Gasteiger partial charge in [0, 0.05) is 6.04 Å². The summed E-state index contributed by atoms with van der Waals surface area (Å²) in [5.41, 5.74) is 0.567. The molecule has 14 heavy (non-hydrogen) atoms. The lowest BCUT2D eigenvalue weighted by molar-refractivity contribution is 0.557. The van der Waals surface area contributed by atoms with Crippen molar-refractivity contribution >= 4 is 11.6 Å². The minimum absolute atomic E-state index is 0.0324. The fourth-order valence-corrected chi connectivity index (χ4v) is 1.66. The van der Waals surface area contributed by atoms with Crippen molar-refractivity contribution in [3.05, 3.63) is 27.4 Å². The van der Waals surface area contributed by atoms with Crippen molar-refractivity contribution in [3.63, 3.8) is 0 Å². The second-order valence-corrected chi connectivity index (χ2v) is 4.27. The van der Waals surface area contributed by atoms with Crippen molar-refractivity contribution in [1.29, 1.82) is 0 Å². The molecule has 78 valence electrons. The van der Waals surface area contributed by atoms with Crippen LogP contribution in [0.25, 0.3) is 0 Å². The highest BCUT2D eigenvalue weighted by Crippen LogP contribution is 2.18. The van der Waals surface area contributed by atoms with Crippen LogP contribution in [0.4, 0.5) is 0 Å². The Morgan fingerprint density at radius 2 is 1.93 bits per heavy atom. The van der Waals surface area contributed by atoms with E-state index in [1.807, 2.05) is 27.7 Å². The topological polar surface area (TPSA) is 34.9 Å². The highest BCUT2D eigenvalue weighted by Gasteiger charge is 2.14. The first-order valence-electron chi connectivity index (χ1n) is 4.71. The highest BCUT2D eigenvalue weighted by atomic mass is 35.5. The van der Waals surface area contributed by atoms with Crippen LogP contribution in [0.5, 0.6) is 0 Å². The molecule has 0 bridgehead atoms. The van der Waals surface area contributed by atoms with Gasteiger partial charge in [0.05, 0.1) is 11.9 Å². The zero-order valence-corrected chi connectivity index (χ0v) is 9.67. The number of nitrogens with zero attached hydrogens (tertiary/aromatic N) is 2. The molecule has 1 rings (SSSR count). The zero-order valence-electron chi connectivity index (χ0n) is 8.91. The molecule has 0 spiro atoms. The second-order valence-electron chi connectivity index (χ2n) is 3.91. The van der Waals surface area contributed by atoms with Gasteiger partial charge in [-0.1, -0.05) is 25.4 Å². The molecule has 0 N–H and O–H groups in total. The molecular formula is C10H15ClN2O. The number of hydrogen-bond acceptors (Lipinski definition) is 2. The van der Waals surface area contributed by atoms with Gasteiger partial charge < -0.3 is 0 Å². The van der Waals surface area contributed by atoms with Crippen LogP contribution in [0, 0.1) is 0 Å². The van der Waals surface area contributed by atoms with Gasteiger partial charge in [0.25, 0.3) is 5.56 Å². The minimum atomic E-state index is -0.0324. The fraction of sp³-hybridized carbons (Fsp3) is 0.600. The van der Waals surface area contributed by atoms with E-state index >= 15 is 0 Å². The Balaban J connectivity index is 3.42. The van der Waals surface area contributed by atoms with Crippen LogP contribution in [0.2, 0.25) is 5.15 Å². The molecule has 0 amide bonds. The van der Waals surface area contributed by atoms with Crippen LogP contribution >= 0.6 is 11.6 Å². The molecule has 0 fully saturated rings. The Morgan fingerprint density at radius 3 is 2.36 bits per heavy atom. The van der Waals surface area contributed by atoms with Gasteiger partial charge in [0.1, 0.15) is 5.15 Å². The van der Waals surface area contributed by atoms with Gasteiger partial charge in [-0.25, -0.2) is 4.98 Å². The predicted molar refractivity (Wildman–Crippen MR) is 58.0 cm³/mol. The van der Waals surface area contributed by atoms with Crippen LogP contribution in [0.1, 0.15) is 45.2 Å². The van der Waals surface area contributed by atoms with Gasteiger partial charge in [-0.3, -0.25) is 9.36 Å². The molecule has 0 saturated heterocycles. The van der Waals surface area contributed by atoms with Crippen molar-refractivity contribution < 1.29 is 0 Å². The molecule has 0 aromatic carbocycles. The number of rotatable bonds is 2. The molecular weight excluding hydrogens is 200 g/mol. The van der Waals surface area contributed by atoms with Gasteiger partial charge in [0.15, 0.2) is 0 Å². The van der Waals surface area contributed by atoms with E-state index in [2.05, 4.69) is 4.98 Å². The smallest absolute Gasteiger partial charge is 0.258 e. The van der Waals surface area contributed by atoms with Crippen molar-refractivity contribution in [2.45, 2.75) is 39.7 Å². The Labute approximate surface area is 88.7 Å². The Hall–Kier alpha value is -0.830. The number of aromatic nitrogens is 2. The molecule has 0 aliphatic heterocycles. The third-order valence-corrected chi connectivity index (χ3v) is 2.42. The van der Waals surface area contributed by atoms with E-state index in [0.29, 0.717) is 10.7 Å². The van der Waals surface area contributed by atoms with E-state index in [4.69, 9.17) is 11.6 Å². The monoisotopic (exact) mass is 214 g/mol. The summed E-state index contributed by atoms with van der Waals surface area (Å²) in [6, 6.07) is 0.116. The van der Waals surface area contributed by atoms with Gasteiger partial charge in [0.2, 0.25) is 0 Å². The Bertz CT molecular complexity index is 382. The van der Waals surface area contributed by atoms with Crippen molar-refractivity contribution in [3.8, 4) is 0 Å². The van der Waals surface area contributed by atoms with Gasteiger partial charge in [-0.15, -0.1) is 0 Å². The standard InChI is InChI=1S/C10H15ClN2O/c1-6(2)8-9(11)12-5-13(7(3)4)10(8)14/h5-7H,1-4H3. The first kappa shape index (κ1) is 11.2. The van der Waals surface area contributed by atoms with Crippen molar-refractivity contribution in [2.24, 2.45) is 0 Å². The summed E-state index contributed by atoms with van der Waals surface area (Å²) in [5, 5.41) is 0.321. The molecule has 4 heteroatoms. The van der Waals surface area contributed by atoms with Crippen molar-refractivity contribution in [1.82, 2.24) is 9.55 Å². The normalized spacial score (nSPS) is 11.4. The summed E-state index contributed by atoms with van der Waals surface area (Å²) in [7, 11) is 0. The Kier molecular flexibility index (Phi) is 3.32. The first-order valence-corrected chi connectivity index (χ1v) is 5.09. The maximum absolute atomic E-state index is 11.9. The summed E-state index contributed by atoms with van der Waals surface area (Å²) in [4.78, 5) is 15.9. The van der Waals surface area contributed by atoms with E-state index < -0.39 is 0 Å². The van der Waals surface area contributed by atoms with Crippen LogP contribution in [0.15, 0.2) is 11.1 Å². The van der Waals surface area contributed by atoms with Crippen LogP contribution in [-0.2, 0) is 0 Å². The van der Waals surface area contributed by atoms with E-state index in [1.54, 1.807) is 4.57 Å². The SMILES string of the molecule is CC(C)c1c(Cl)ncn(C(C)C)c1=O. The second kappa shape index (κ2) is 4.13. The molecule has 0 unspecified atom stereocenters. The van der Waals surface area contributed by atoms with Crippen molar-refractivity contribution in [2.75, 3.05) is 0 Å². The third kappa shape index (κ3) is 1.98. The Morgan fingerprint density at radius 1 is 1.36 bits per heavy atom. The molecule has 0 atom stereocenters. The molecule has 1 aromatic rings. The summed E-state index contributed by atoms with van der Waals surface area (Å²) in [6.07, 6.45) is 1.50. The van der Waals surface area contributed by atoms with E-state index in [9.17, 15) is 4.79 Å². The first-order chi connectivity index (χ1) is 6.45. The summed E-state index contributed by atoms with van der Waals surface area (Å²) in [6.45, 7) is 7.77. The maximum Gasteiger partial charge on any atom is 0.258 e. The lowest BCUT2D eigenvalue weighted by Gasteiger charge is -2.13. The van der Waals surface area contributed by atoms with Crippen LogP contribution in [-0.4, -0.2) is 9.55 Å². The highest BCUT2D eigenvalue weighted by molar-refractivity contribution is 6.30. The fourth-order valence-electron chi connectivity index (χ4n) is 1.32. The van der Waals surface area contributed by atoms with Gasteiger partial charge in [-0.05, 0) is 19.8 Å². The zero-order chi connectivity index (χ0) is 10.9. The number of hydrogen-bond donors (Lipinski definition) is 0. The molecule has 3 nitrogen and oxygen atoms in total. The molecule has 0 aliphatic rings. The molecule has 0 aliphatic carbocycles. The molecule has 1 heterocycles. The minimum Gasteiger partial charge on any atom is -0.296 e. The summed E-state index contributed by atoms with van der Waals surface area (Å²) < 4.78 is 1.60. The summed E-state index contributed by atoms with van der Waals surface area (Å²) >= 11 is 5.88. The molecule has 0 radical (unpaired) electrons. The van der Waals surface area contributed by atoms with E-state index in [0.717, 1.165) is 0 Å². The predicted octanol–water partition coefficient (Wildman–Crippen LogP) is 2.60. The maximum atomic E-state index is 11.9. The van der Waals surface area contributed by atoms with E-state index in [-0.39, 0.29) is 17.5 Å². The van der Waals surface area contributed by atoms with E-state index in [1.165, 1.54) is 6.33 Å². The third-order valence-electron chi connectivity index (χ3n) is 2.12. The average Bonchev–Trinajstić information content (AvgIpc) is 2.02.